The molecule has 2 aromatic rings. The van der Waals surface area contributed by atoms with Crippen LogP contribution in [0.25, 0.3) is 0 Å². The maximum atomic E-state index is 12.1. The van der Waals surface area contributed by atoms with Crippen LogP contribution < -0.4 is 5.32 Å². The van der Waals surface area contributed by atoms with E-state index in [1.807, 2.05) is 18.5 Å². The molecule has 0 atom stereocenters. The Labute approximate surface area is 145 Å². The minimum absolute atomic E-state index is 0.0715. The zero-order valence-corrected chi connectivity index (χ0v) is 15.1. The summed E-state index contributed by atoms with van der Waals surface area (Å²) in [5.74, 6) is -0.0715. The molecule has 128 valence electrons. The number of hydrogen-bond acceptors (Lipinski definition) is 6. The number of nitrogens with zero attached hydrogens (tertiary/aromatic N) is 5. The van der Waals surface area contributed by atoms with Crippen LogP contribution in [0, 0.1) is 25.2 Å². The van der Waals surface area contributed by atoms with Crippen molar-refractivity contribution in [2.75, 3.05) is 5.32 Å². The molecule has 1 N–H and O–H groups in total. The van der Waals surface area contributed by atoms with Gasteiger partial charge in [-0.25, -0.2) is 0 Å². The van der Waals surface area contributed by atoms with Crippen LogP contribution in [-0.2, 0) is 24.2 Å². The van der Waals surface area contributed by atoms with Crippen LogP contribution in [0.2, 0.25) is 0 Å². The second kappa shape index (κ2) is 8.55. The van der Waals surface area contributed by atoms with E-state index in [4.69, 9.17) is 5.26 Å². The molecule has 0 spiro atoms. The number of aromatic nitrogens is 4. The van der Waals surface area contributed by atoms with Crippen LogP contribution in [0.15, 0.2) is 0 Å². The van der Waals surface area contributed by atoms with Crippen molar-refractivity contribution in [3.8, 4) is 6.07 Å². The Hall–Kier alpha value is -2.27. The first kappa shape index (κ1) is 18.1. The third kappa shape index (κ3) is 4.61. The van der Waals surface area contributed by atoms with E-state index in [0.717, 1.165) is 34.8 Å². The molecule has 2 heterocycles. The first-order valence-electron chi connectivity index (χ1n) is 8.07. The maximum Gasteiger partial charge on any atom is 0.226 e. The van der Waals surface area contributed by atoms with Gasteiger partial charge in [0.1, 0.15) is 5.01 Å². The Morgan fingerprint density at radius 1 is 1.33 bits per heavy atom. The van der Waals surface area contributed by atoms with Crippen molar-refractivity contribution < 1.29 is 4.79 Å². The number of anilines is 1. The van der Waals surface area contributed by atoms with Crippen molar-refractivity contribution in [1.82, 2.24) is 20.0 Å². The molecule has 0 aromatic carbocycles. The fourth-order valence-corrected chi connectivity index (χ4v) is 3.37. The van der Waals surface area contributed by atoms with Crippen LogP contribution in [-0.4, -0.2) is 25.9 Å². The number of nitrogens with one attached hydrogen (secondary N) is 1. The van der Waals surface area contributed by atoms with Crippen LogP contribution >= 0.6 is 11.3 Å². The first-order valence-corrected chi connectivity index (χ1v) is 8.88. The molecule has 0 unspecified atom stereocenters. The number of rotatable bonds is 8. The summed E-state index contributed by atoms with van der Waals surface area (Å²) >= 11 is 1.43. The van der Waals surface area contributed by atoms with Crippen LogP contribution in [0.1, 0.15) is 48.1 Å². The molecule has 2 rings (SSSR count). The summed E-state index contributed by atoms with van der Waals surface area (Å²) in [5, 5.41) is 25.5. The lowest BCUT2D eigenvalue weighted by molar-refractivity contribution is -0.116. The van der Waals surface area contributed by atoms with E-state index in [1.165, 1.54) is 11.3 Å². The molecule has 8 heteroatoms. The van der Waals surface area contributed by atoms with Crippen molar-refractivity contribution >= 4 is 22.4 Å². The molecule has 2 aromatic heterocycles. The van der Waals surface area contributed by atoms with Gasteiger partial charge in [0.2, 0.25) is 11.0 Å². The quantitative estimate of drug-likeness (QED) is 0.793. The van der Waals surface area contributed by atoms with Crippen molar-refractivity contribution in [1.29, 1.82) is 5.26 Å². The van der Waals surface area contributed by atoms with E-state index in [1.54, 1.807) is 0 Å². The molecule has 24 heavy (non-hydrogen) atoms. The first-order chi connectivity index (χ1) is 11.5. The van der Waals surface area contributed by atoms with Gasteiger partial charge in [-0.1, -0.05) is 18.3 Å². The maximum absolute atomic E-state index is 12.1. The summed E-state index contributed by atoms with van der Waals surface area (Å²) in [5.41, 5.74) is 3.02. The number of amides is 1. The lowest BCUT2D eigenvalue weighted by Gasteiger charge is -2.04. The minimum Gasteiger partial charge on any atom is -0.301 e. The summed E-state index contributed by atoms with van der Waals surface area (Å²) in [4.78, 5) is 12.1. The van der Waals surface area contributed by atoms with E-state index in [2.05, 4.69) is 33.6 Å². The van der Waals surface area contributed by atoms with E-state index >= 15 is 0 Å². The van der Waals surface area contributed by atoms with Crippen LogP contribution in [0.3, 0.4) is 0 Å². The normalized spacial score (nSPS) is 10.6. The number of carbonyl (C=O) groups excluding carboxylic acids is 1. The minimum atomic E-state index is -0.0715. The molecule has 0 saturated carbocycles. The predicted octanol–water partition coefficient (Wildman–Crippen LogP) is 2.79. The van der Waals surface area contributed by atoms with Gasteiger partial charge in [0.25, 0.3) is 0 Å². The summed E-state index contributed by atoms with van der Waals surface area (Å²) < 4.78 is 1.84. The van der Waals surface area contributed by atoms with Gasteiger partial charge in [-0.2, -0.15) is 10.4 Å². The summed E-state index contributed by atoms with van der Waals surface area (Å²) in [6.45, 7) is 6.58. The number of nitriles is 1. The average molecular weight is 346 g/mol. The Kier molecular flexibility index (Phi) is 6.44. The van der Waals surface area contributed by atoms with Crippen LogP contribution in [0.5, 0.6) is 0 Å². The molecule has 0 aliphatic rings. The number of aryl methyl sites for hydroxylation is 3. The fourth-order valence-electron chi connectivity index (χ4n) is 2.51. The van der Waals surface area contributed by atoms with Crippen LogP contribution in [0.4, 0.5) is 5.13 Å². The molecule has 7 nitrogen and oxygen atoms in total. The molecular formula is C16H22N6OS. The van der Waals surface area contributed by atoms with E-state index in [-0.39, 0.29) is 5.91 Å². The van der Waals surface area contributed by atoms with Gasteiger partial charge in [-0.3, -0.25) is 9.48 Å². The average Bonchev–Trinajstić information content (AvgIpc) is 3.09. The lowest BCUT2D eigenvalue weighted by Crippen LogP contribution is -2.12. The van der Waals surface area contributed by atoms with Gasteiger partial charge < -0.3 is 5.32 Å². The standard InChI is InChI=1S/C16H22N6OS/c1-4-6-15-19-20-16(24-15)18-14(23)8-7-13-11(2)21-22(12(13)3)10-5-9-17/h4-8,10H2,1-3H3,(H,18,20,23). The van der Waals surface area contributed by atoms with E-state index in [0.29, 0.717) is 30.9 Å². The summed E-state index contributed by atoms with van der Waals surface area (Å²) in [7, 11) is 0. The monoisotopic (exact) mass is 346 g/mol. The van der Waals surface area contributed by atoms with Crippen molar-refractivity contribution in [3.05, 3.63) is 22.0 Å². The molecule has 1 amide bonds. The molecule has 0 bridgehead atoms. The highest BCUT2D eigenvalue weighted by molar-refractivity contribution is 7.15. The highest BCUT2D eigenvalue weighted by atomic mass is 32.1. The van der Waals surface area contributed by atoms with Crippen molar-refractivity contribution in [3.63, 3.8) is 0 Å². The summed E-state index contributed by atoms with van der Waals surface area (Å²) in [6.07, 6.45) is 3.31. The van der Waals surface area contributed by atoms with Gasteiger partial charge in [0.05, 0.1) is 24.7 Å². The van der Waals surface area contributed by atoms with Gasteiger partial charge in [0, 0.05) is 18.5 Å². The van der Waals surface area contributed by atoms with E-state index < -0.39 is 0 Å². The smallest absolute Gasteiger partial charge is 0.226 e. The zero-order chi connectivity index (χ0) is 17.5. The second-order valence-electron chi connectivity index (χ2n) is 5.58. The highest BCUT2D eigenvalue weighted by Crippen LogP contribution is 2.18. The van der Waals surface area contributed by atoms with E-state index in [9.17, 15) is 4.79 Å². The van der Waals surface area contributed by atoms with Gasteiger partial charge in [0.15, 0.2) is 0 Å². The third-order valence-electron chi connectivity index (χ3n) is 3.75. The number of carbonyl (C=O) groups is 1. The Balaban J connectivity index is 1.91. The Morgan fingerprint density at radius 3 is 2.83 bits per heavy atom. The Bertz CT molecular complexity index is 742. The molecule has 0 aliphatic heterocycles. The molecular weight excluding hydrogens is 324 g/mol. The predicted molar refractivity (Wildman–Crippen MR) is 92.8 cm³/mol. The lowest BCUT2D eigenvalue weighted by atomic mass is 10.1. The molecule has 0 fully saturated rings. The number of hydrogen-bond donors (Lipinski definition) is 1. The summed E-state index contributed by atoms with van der Waals surface area (Å²) in [6, 6.07) is 2.12. The molecule has 0 radical (unpaired) electrons. The highest BCUT2D eigenvalue weighted by Gasteiger charge is 2.14. The third-order valence-corrected chi connectivity index (χ3v) is 4.64. The SMILES string of the molecule is CCCc1nnc(NC(=O)CCc2c(C)nn(CCC#N)c2C)s1. The Morgan fingerprint density at radius 2 is 2.12 bits per heavy atom. The molecule has 0 aliphatic carbocycles. The molecule has 0 saturated heterocycles. The van der Waals surface area contributed by atoms with Crippen molar-refractivity contribution in [2.45, 2.75) is 59.4 Å². The van der Waals surface area contributed by atoms with Crippen molar-refractivity contribution in [2.24, 2.45) is 0 Å². The zero-order valence-electron chi connectivity index (χ0n) is 14.3. The topological polar surface area (TPSA) is 96.5 Å². The second-order valence-corrected chi connectivity index (χ2v) is 6.64. The van der Waals surface area contributed by atoms with Gasteiger partial charge >= 0.3 is 0 Å². The van der Waals surface area contributed by atoms with Gasteiger partial charge in [-0.05, 0) is 32.3 Å². The fraction of sp³-hybridized carbons (Fsp3) is 0.562. The van der Waals surface area contributed by atoms with Gasteiger partial charge in [-0.15, -0.1) is 10.2 Å². The largest absolute Gasteiger partial charge is 0.301 e.